The fraction of sp³-hybridized carbons (Fsp3) is 0.263. The Balaban J connectivity index is 2.08. The number of aromatic amines is 1. The number of nitrogens with one attached hydrogen (secondary N) is 1. The number of alkyl halides is 3. The maximum Gasteiger partial charge on any atom is 0.416 e. The van der Waals surface area contributed by atoms with Gasteiger partial charge in [-0.3, -0.25) is 0 Å². The number of para-hydroxylation sites is 1. The first-order valence-corrected chi connectivity index (χ1v) is 8.46. The summed E-state index contributed by atoms with van der Waals surface area (Å²) >= 11 is 6.28. The number of rotatable bonds is 5. The van der Waals surface area contributed by atoms with E-state index in [9.17, 15) is 13.2 Å². The number of fused-ring (bicyclic) bond motifs is 1. The minimum atomic E-state index is -4.34. The first kappa shape index (κ1) is 17.8. The van der Waals surface area contributed by atoms with Crippen molar-refractivity contribution in [2.24, 2.45) is 5.73 Å². The van der Waals surface area contributed by atoms with E-state index in [1.54, 1.807) is 6.07 Å². The van der Waals surface area contributed by atoms with E-state index in [1.165, 1.54) is 12.1 Å². The summed E-state index contributed by atoms with van der Waals surface area (Å²) in [7, 11) is 0. The Bertz CT molecular complexity index is 867. The van der Waals surface area contributed by atoms with Gasteiger partial charge in [0.2, 0.25) is 0 Å². The number of aryl methyl sites for hydroxylation is 1. The van der Waals surface area contributed by atoms with E-state index in [-0.39, 0.29) is 0 Å². The molecular formula is C19H18ClF3N2. The van der Waals surface area contributed by atoms with Gasteiger partial charge in [0.25, 0.3) is 0 Å². The molecule has 0 aliphatic carbocycles. The molecule has 6 heteroatoms. The van der Waals surface area contributed by atoms with Crippen molar-refractivity contribution in [1.29, 1.82) is 0 Å². The summed E-state index contributed by atoms with van der Waals surface area (Å²) in [6, 6.07) is 10.8. The van der Waals surface area contributed by atoms with Crippen LogP contribution >= 0.6 is 11.6 Å². The van der Waals surface area contributed by atoms with E-state index < -0.39 is 11.7 Å². The maximum absolute atomic E-state index is 12.8. The van der Waals surface area contributed by atoms with E-state index >= 15 is 0 Å². The predicted octanol–water partition coefficient (Wildman–Crippen LogP) is 5.79. The van der Waals surface area contributed by atoms with Gasteiger partial charge in [-0.05, 0) is 55.1 Å². The van der Waals surface area contributed by atoms with Crippen molar-refractivity contribution >= 4 is 22.5 Å². The molecule has 0 aliphatic rings. The highest BCUT2D eigenvalue weighted by Gasteiger charge is 2.30. The number of H-pyrrole nitrogens is 1. The normalized spacial score (nSPS) is 12.0. The van der Waals surface area contributed by atoms with Crippen molar-refractivity contribution < 1.29 is 13.2 Å². The van der Waals surface area contributed by atoms with Crippen molar-refractivity contribution in [1.82, 2.24) is 4.98 Å². The molecule has 25 heavy (non-hydrogen) atoms. The minimum Gasteiger partial charge on any atom is -0.353 e. The molecule has 3 aromatic rings. The van der Waals surface area contributed by atoms with Crippen molar-refractivity contribution in [3.63, 3.8) is 0 Å². The van der Waals surface area contributed by atoms with Gasteiger partial charge in [0, 0.05) is 11.1 Å². The molecule has 0 bridgehead atoms. The van der Waals surface area contributed by atoms with E-state index in [0.29, 0.717) is 17.1 Å². The molecule has 3 N–H and O–H groups in total. The number of nitrogens with two attached hydrogens (primary N) is 1. The average molecular weight is 367 g/mol. The zero-order valence-corrected chi connectivity index (χ0v) is 14.2. The Morgan fingerprint density at radius 3 is 2.36 bits per heavy atom. The van der Waals surface area contributed by atoms with E-state index in [4.69, 9.17) is 17.3 Å². The molecule has 3 rings (SSSR count). The molecule has 0 unspecified atom stereocenters. The van der Waals surface area contributed by atoms with Gasteiger partial charge in [-0.2, -0.15) is 13.2 Å². The van der Waals surface area contributed by atoms with Gasteiger partial charge in [0.05, 0.1) is 16.1 Å². The summed E-state index contributed by atoms with van der Waals surface area (Å²) in [5.41, 5.74) is 8.31. The Labute approximate surface area is 148 Å². The molecule has 0 saturated carbocycles. The number of unbranched alkanes of at least 4 members (excludes halogenated alkanes) is 1. The van der Waals surface area contributed by atoms with Crippen molar-refractivity contribution in [3.8, 4) is 11.3 Å². The monoisotopic (exact) mass is 366 g/mol. The highest BCUT2D eigenvalue weighted by Crippen LogP contribution is 2.36. The summed E-state index contributed by atoms with van der Waals surface area (Å²) < 4.78 is 38.4. The Kier molecular flexibility index (Phi) is 5.06. The van der Waals surface area contributed by atoms with Crippen LogP contribution in [-0.2, 0) is 12.6 Å². The predicted molar refractivity (Wildman–Crippen MR) is 95.7 cm³/mol. The smallest absolute Gasteiger partial charge is 0.353 e. The van der Waals surface area contributed by atoms with E-state index in [2.05, 4.69) is 4.98 Å². The first-order valence-electron chi connectivity index (χ1n) is 8.08. The molecule has 0 saturated heterocycles. The third kappa shape index (κ3) is 3.67. The molecule has 1 aromatic heterocycles. The molecule has 132 valence electrons. The zero-order valence-electron chi connectivity index (χ0n) is 13.5. The number of hydrogen-bond donors (Lipinski definition) is 2. The van der Waals surface area contributed by atoms with Crippen LogP contribution in [0.1, 0.15) is 24.0 Å². The minimum absolute atomic E-state index is 0.593. The number of benzene rings is 2. The molecule has 0 fully saturated rings. The lowest BCUT2D eigenvalue weighted by Crippen LogP contribution is -2.04. The second kappa shape index (κ2) is 7.10. The Hall–Kier alpha value is -1.98. The molecule has 0 amide bonds. The van der Waals surface area contributed by atoms with Gasteiger partial charge >= 0.3 is 6.18 Å². The lowest BCUT2D eigenvalue weighted by Gasteiger charge is -2.09. The summed E-state index contributed by atoms with van der Waals surface area (Å²) in [6.07, 6.45) is -1.76. The van der Waals surface area contributed by atoms with Crippen molar-refractivity contribution in [3.05, 3.63) is 58.6 Å². The van der Waals surface area contributed by atoms with Crippen LogP contribution in [0, 0.1) is 0 Å². The summed E-state index contributed by atoms with van der Waals surface area (Å²) in [4.78, 5) is 3.29. The Morgan fingerprint density at radius 2 is 1.72 bits per heavy atom. The fourth-order valence-corrected chi connectivity index (χ4v) is 3.24. The van der Waals surface area contributed by atoms with Crippen LogP contribution < -0.4 is 5.73 Å². The van der Waals surface area contributed by atoms with Crippen LogP contribution in [0.15, 0.2) is 42.5 Å². The van der Waals surface area contributed by atoms with E-state index in [0.717, 1.165) is 53.6 Å². The number of hydrogen-bond acceptors (Lipinski definition) is 1. The van der Waals surface area contributed by atoms with Gasteiger partial charge < -0.3 is 10.7 Å². The number of aromatic nitrogens is 1. The van der Waals surface area contributed by atoms with Gasteiger partial charge in [-0.15, -0.1) is 0 Å². The Morgan fingerprint density at radius 1 is 1.00 bits per heavy atom. The second-order valence-corrected chi connectivity index (χ2v) is 6.37. The van der Waals surface area contributed by atoms with Crippen LogP contribution in [0.2, 0.25) is 5.02 Å². The highest BCUT2D eigenvalue weighted by molar-refractivity contribution is 6.35. The van der Waals surface area contributed by atoms with Crippen molar-refractivity contribution in [2.75, 3.05) is 6.54 Å². The zero-order chi connectivity index (χ0) is 18.0. The number of halogens is 4. The topological polar surface area (TPSA) is 41.8 Å². The van der Waals surface area contributed by atoms with Gasteiger partial charge in [0.1, 0.15) is 0 Å². The van der Waals surface area contributed by atoms with Gasteiger partial charge in [-0.25, -0.2) is 0 Å². The third-order valence-electron chi connectivity index (χ3n) is 4.27. The molecule has 0 spiro atoms. The van der Waals surface area contributed by atoms with Crippen LogP contribution in [0.4, 0.5) is 13.2 Å². The fourth-order valence-electron chi connectivity index (χ4n) is 3.02. The lowest BCUT2D eigenvalue weighted by molar-refractivity contribution is -0.137. The SMILES string of the molecule is NCCCCc1c(-c2ccc(C(F)(F)F)cc2)[nH]c2c(Cl)cccc12. The highest BCUT2D eigenvalue weighted by atomic mass is 35.5. The average Bonchev–Trinajstić information content (AvgIpc) is 2.95. The third-order valence-corrected chi connectivity index (χ3v) is 4.59. The standard InChI is InChI=1S/C19H18ClF3N2/c20-16-6-3-5-15-14(4-1-2-11-24)17(25-18(15)16)12-7-9-13(10-8-12)19(21,22)23/h3,5-10,25H,1-2,4,11,24H2. The van der Waals surface area contributed by atoms with Gasteiger partial charge in [-0.1, -0.05) is 35.9 Å². The van der Waals surface area contributed by atoms with Crippen LogP contribution in [0.5, 0.6) is 0 Å². The van der Waals surface area contributed by atoms with Gasteiger partial charge in [0.15, 0.2) is 0 Å². The van der Waals surface area contributed by atoms with Crippen LogP contribution in [0.25, 0.3) is 22.2 Å². The molecule has 0 atom stereocenters. The maximum atomic E-state index is 12.8. The summed E-state index contributed by atoms with van der Waals surface area (Å²) in [5.74, 6) is 0. The summed E-state index contributed by atoms with van der Waals surface area (Å²) in [6.45, 7) is 0.610. The summed E-state index contributed by atoms with van der Waals surface area (Å²) in [5, 5.41) is 1.59. The lowest BCUT2D eigenvalue weighted by atomic mass is 9.99. The molecular weight excluding hydrogens is 349 g/mol. The molecule has 2 nitrogen and oxygen atoms in total. The van der Waals surface area contributed by atoms with Crippen LogP contribution in [-0.4, -0.2) is 11.5 Å². The molecule has 0 radical (unpaired) electrons. The molecule has 2 aromatic carbocycles. The second-order valence-electron chi connectivity index (χ2n) is 5.96. The molecule has 1 heterocycles. The molecule has 0 aliphatic heterocycles. The van der Waals surface area contributed by atoms with Crippen molar-refractivity contribution in [2.45, 2.75) is 25.4 Å². The van der Waals surface area contributed by atoms with Crippen LogP contribution in [0.3, 0.4) is 0 Å². The first-order chi connectivity index (χ1) is 11.9. The largest absolute Gasteiger partial charge is 0.416 e. The van der Waals surface area contributed by atoms with E-state index in [1.807, 2.05) is 12.1 Å². The quantitative estimate of drug-likeness (QED) is 0.551.